The highest BCUT2D eigenvalue weighted by Gasteiger charge is 1.95. The molecule has 0 aromatic rings. The van der Waals surface area contributed by atoms with Crippen LogP contribution in [0.2, 0.25) is 0 Å². The Bertz CT molecular complexity index is 119. The quantitative estimate of drug-likeness (QED) is 0.383. The third-order valence-electron chi connectivity index (χ3n) is 0.714. The first-order valence-corrected chi connectivity index (χ1v) is 3.09. The zero-order chi connectivity index (χ0) is 7.82. The standard InChI is InChI=1S/C6H12N2O2.ClH/c1-3-5-8-10-6(9)7-4-2;/h3,8H,1,4-5H2,2H3,(H,7,9);1H. The molecule has 0 aliphatic carbocycles. The van der Waals surface area contributed by atoms with Crippen LogP contribution in [-0.4, -0.2) is 19.2 Å². The molecule has 0 radical (unpaired) electrons. The lowest BCUT2D eigenvalue weighted by Crippen LogP contribution is -2.29. The van der Waals surface area contributed by atoms with Crippen LogP contribution in [0.3, 0.4) is 0 Å². The van der Waals surface area contributed by atoms with Gasteiger partial charge in [-0.1, -0.05) is 6.08 Å². The fourth-order valence-electron chi connectivity index (χ4n) is 0.347. The Morgan fingerprint density at radius 1 is 1.73 bits per heavy atom. The molecule has 0 aliphatic rings. The van der Waals surface area contributed by atoms with Crippen LogP contribution in [0.25, 0.3) is 0 Å². The fourth-order valence-corrected chi connectivity index (χ4v) is 0.347. The first-order valence-electron chi connectivity index (χ1n) is 3.09. The first-order chi connectivity index (χ1) is 4.81. The fraction of sp³-hybridized carbons (Fsp3) is 0.500. The molecule has 4 nitrogen and oxygen atoms in total. The van der Waals surface area contributed by atoms with Gasteiger partial charge in [0.1, 0.15) is 0 Å². The molecule has 0 aliphatic heterocycles. The zero-order valence-electron chi connectivity index (χ0n) is 6.42. The summed E-state index contributed by atoms with van der Waals surface area (Å²) in [6.07, 6.45) is 1.13. The van der Waals surface area contributed by atoms with E-state index in [4.69, 9.17) is 0 Å². The van der Waals surface area contributed by atoms with Gasteiger partial charge in [-0.2, -0.15) is 0 Å². The number of halogens is 1. The van der Waals surface area contributed by atoms with Gasteiger partial charge in [-0.25, -0.2) is 4.79 Å². The minimum absolute atomic E-state index is 0. The molecule has 0 spiro atoms. The molecule has 66 valence electrons. The second kappa shape index (κ2) is 9.26. The average molecular weight is 181 g/mol. The molecule has 0 rings (SSSR count). The SMILES string of the molecule is C=CCNOC(=O)NCC.Cl. The molecule has 0 fully saturated rings. The molecular weight excluding hydrogens is 168 g/mol. The van der Waals surface area contributed by atoms with Gasteiger partial charge in [-0.3, -0.25) is 0 Å². The smallest absolute Gasteiger partial charge is 0.354 e. The van der Waals surface area contributed by atoms with E-state index in [0.717, 1.165) is 0 Å². The van der Waals surface area contributed by atoms with E-state index in [9.17, 15) is 4.79 Å². The van der Waals surface area contributed by atoms with E-state index in [2.05, 4.69) is 22.2 Å². The molecule has 5 heteroatoms. The minimum atomic E-state index is -0.468. The third-order valence-corrected chi connectivity index (χ3v) is 0.714. The van der Waals surface area contributed by atoms with Crippen molar-refractivity contribution in [3.63, 3.8) is 0 Å². The summed E-state index contributed by atoms with van der Waals surface area (Å²) in [5.41, 5.74) is 2.39. The summed E-state index contributed by atoms with van der Waals surface area (Å²) in [6.45, 7) is 6.26. The number of hydrogen-bond donors (Lipinski definition) is 2. The second-order valence-corrected chi connectivity index (χ2v) is 1.56. The lowest BCUT2D eigenvalue weighted by molar-refractivity contribution is 0.0961. The van der Waals surface area contributed by atoms with Gasteiger partial charge < -0.3 is 10.2 Å². The number of carbonyl (C=O) groups is 1. The van der Waals surface area contributed by atoms with Crippen LogP contribution < -0.4 is 10.8 Å². The highest BCUT2D eigenvalue weighted by molar-refractivity contribution is 5.85. The lowest BCUT2D eigenvalue weighted by Gasteiger charge is -2.02. The summed E-state index contributed by atoms with van der Waals surface area (Å²) in [4.78, 5) is 14.9. The van der Waals surface area contributed by atoms with E-state index >= 15 is 0 Å². The Labute approximate surface area is 72.4 Å². The molecule has 0 aromatic heterocycles. The van der Waals surface area contributed by atoms with E-state index < -0.39 is 6.09 Å². The molecule has 2 N–H and O–H groups in total. The van der Waals surface area contributed by atoms with Crippen LogP contribution in [0, 0.1) is 0 Å². The van der Waals surface area contributed by atoms with Gasteiger partial charge >= 0.3 is 6.09 Å². The number of hydroxylamine groups is 1. The van der Waals surface area contributed by atoms with Crippen molar-refractivity contribution in [1.29, 1.82) is 0 Å². The topological polar surface area (TPSA) is 50.4 Å². The van der Waals surface area contributed by atoms with Gasteiger partial charge in [-0.05, 0) is 6.92 Å². The Morgan fingerprint density at radius 2 is 2.36 bits per heavy atom. The summed E-state index contributed by atoms with van der Waals surface area (Å²) < 4.78 is 0. The highest BCUT2D eigenvalue weighted by Crippen LogP contribution is 1.70. The molecule has 0 saturated heterocycles. The second-order valence-electron chi connectivity index (χ2n) is 1.56. The molecule has 11 heavy (non-hydrogen) atoms. The molecule has 0 heterocycles. The van der Waals surface area contributed by atoms with Crippen molar-refractivity contribution >= 4 is 18.5 Å². The van der Waals surface area contributed by atoms with Crippen molar-refractivity contribution in [3.8, 4) is 0 Å². The predicted octanol–water partition coefficient (Wildman–Crippen LogP) is 0.845. The summed E-state index contributed by atoms with van der Waals surface area (Å²) >= 11 is 0. The average Bonchev–Trinajstić information content (AvgIpc) is 1.89. The monoisotopic (exact) mass is 180 g/mol. The van der Waals surface area contributed by atoms with Gasteiger partial charge in [-0.15, -0.1) is 24.5 Å². The number of hydrogen-bond acceptors (Lipinski definition) is 3. The van der Waals surface area contributed by atoms with Crippen molar-refractivity contribution in [2.24, 2.45) is 0 Å². The molecule has 0 saturated carbocycles. The van der Waals surface area contributed by atoms with Gasteiger partial charge in [0.15, 0.2) is 0 Å². The number of rotatable bonds is 4. The Balaban J connectivity index is 0. The molecule has 0 unspecified atom stereocenters. The van der Waals surface area contributed by atoms with Crippen LogP contribution in [0.4, 0.5) is 4.79 Å². The molecular formula is C6H13ClN2O2. The lowest BCUT2D eigenvalue weighted by atomic mass is 10.7. The normalized spacial score (nSPS) is 7.73. The maximum Gasteiger partial charge on any atom is 0.426 e. The zero-order valence-corrected chi connectivity index (χ0v) is 7.24. The van der Waals surface area contributed by atoms with Gasteiger partial charge in [0.25, 0.3) is 0 Å². The van der Waals surface area contributed by atoms with Crippen molar-refractivity contribution in [2.45, 2.75) is 6.92 Å². The highest BCUT2D eigenvalue weighted by atomic mass is 35.5. The summed E-state index contributed by atoms with van der Waals surface area (Å²) in [5.74, 6) is 0. The number of nitrogens with one attached hydrogen (secondary N) is 2. The number of carbonyl (C=O) groups excluding carboxylic acids is 1. The van der Waals surface area contributed by atoms with E-state index in [0.29, 0.717) is 13.1 Å². The van der Waals surface area contributed by atoms with Crippen LogP contribution in [-0.2, 0) is 4.84 Å². The van der Waals surface area contributed by atoms with E-state index in [1.165, 1.54) is 0 Å². The van der Waals surface area contributed by atoms with Crippen LogP contribution in [0.1, 0.15) is 6.92 Å². The van der Waals surface area contributed by atoms with Crippen LogP contribution >= 0.6 is 12.4 Å². The molecule has 1 amide bonds. The first kappa shape index (κ1) is 12.9. The predicted molar refractivity (Wildman–Crippen MR) is 45.6 cm³/mol. The van der Waals surface area contributed by atoms with Crippen molar-refractivity contribution in [3.05, 3.63) is 12.7 Å². The van der Waals surface area contributed by atoms with Gasteiger partial charge in [0.05, 0.1) is 0 Å². The Morgan fingerprint density at radius 3 is 2.82 bits per heavy atom. The minimum Gasteiger partial charge on any atom is -0.354 e. The van der Waals surface area contributed by atoms with E-state index in [-0.39, 0.29) is 12.4 Å². The van der Waals surface area contributed by atoms with E-state index in [1.807, 2.05) is 6.92 Å². The van der Waals surface area contributed by atoms with Crippen LogP contribution in [0.5, 0.6) is 0 Å². The summed E-state index contributed by atoms with van der Waals surface area (Å²) in [7, 11) is 0. The van der Waals surface area contributed by atoms with Crippen molar-refractivity contribution in [1.82, 2.24) is 10.8 Å². The third kappa shape index (κ3) is 9.26. The maximum atomic E-state index is 10.5. The molecule has 0 aromatic carbocycles. The van der Waals surface area contributed by atoms with Gasteiger partial charge in [0, 0.05) is 13.1 Å². The number of amides is 1. The maximum absolute atomic E-state index is 10.5. The summed E-state index contributed by atoms with van der Waals surface area (Å²) in [5, 5.41) is 2.45. The largest absolute Gasteiger partial charge is 0.426 e. The van der Waals surface area contributed by atoms with Crippen LogP contribution in [0.15, 0.2) is 12.7 Å². The van der Waals surface area contributed by atoms with E-state index in [1.54, 1.807) is 6.08 Å². The molecule has 0 bridgehead atoms. The molecule has 0 atom stereocenters. The van der Waals surface area contributed by atoms with Crippen molar-refractivity contribution in [2.75, 3.05) is 13.1 Å². The Kier molecular flexibility index (Phi) is 10.9. The van der Waals surface area contributed by atoms with Crippen molar-refractivity contribution < 1.29 is 9.63 Å². The summed E-state index contributed by atoms with van der Waals surface area (Å²) in [6, 6.07) is 0. The van der Waals surface area contributed by atoms with Gasteiger partial charge in [0.2, 0.25) is 0 Å². The Hall–Kier alpha value is -0.740.